The smallest absolute Gasteiger partial charge is 0.345 e. The Morgan fingerprint density at radius 1 is 0.422 bits per heavy atom. The van der Waals surface area contributed by atoms with Crippen molar-refractivity contribution in [3.05, 3.63) is 296 Å². The summed E-state index contributed by atoms with van der Waals surface area (Å²) in [6.45, 7) is 27.8. The lowest BCUT2D eigenvalue weighted by Crippen LogP contribution is -2.42. The van der Waals surface area contributed by atoms with Gasteiger partial charge in [-0.1, -0.05) is 87.8 Å². The number of nitrogens with zero attached hydrogens (tertiary/aromatic N) is 2. The Labute approximate surface area is 683 Å². The fourth-order valence-corrected chi connectivity index (χ4v) is 11.3. The van der Waals surface area contributed by atoms with Gasteiger partial charge < -0.3 is 39.6 Å². The van der Waals surface area contributed by atoms with Gasteiger partial charge in [0.25, 0.3) is 5.91 Å². The molecule has 21 heteroatoms. The molecule has 0 saturated heterocycles. The van der Waals surface area contributed by atoms with Gasteiger partial charge in [0, 0.05) is 110 Å². The maximum Gasteiger partial charge on any atom is 0.345 e. The Bertz CT molecular complexity index is 4980. The van der Waals surface area contributed by atoms with Gasteiger partial charge in [-0.15, -0.1) is 0 Å². The van der Waals surface area contributed by atoms with E-state index in [1.165, 1.54) is 88.2 Å². The summed E-state index contributed by atoms with van der Waals surface area (Å²) in [5.74, 6) is 0.979. The Balaban J connectivity index is 0.000000227. The number of anilines is 1. The van der Waals surface area contributed by atoms with Gasteiger partial charge in [-0.2, -0.15) is 0 Å². The zero-order valence-electron chi connectivity index (χ0n) is 68.4. The second-order valence-electron chi connectivity index (χ2n) is 29.8. The molecule has 1 amide bonds. The van der Waals surface area contributed by atoms with Gasteiger partial charge in [0.05, 0.1) is 18.8 Å². The molecule has 0 radical (unpaired) electrons. The maximum atomic E-state index is 12.8. The van der Waals surface area contributed by atoms with Crippen LogP contribution in [0.5, 0.6) is 40.2 Å². The highest BCUT2D eigenvalue weighted by molar-refractivity contribution is 6.30. The third-order valence-corrected chi connectivity index (χ3v) is 19.0. The number of halogens is 1. The molecule has 0 bridgehead atoms. The van der Waals surface area contributed by atoms with E-state index in [0.717, 1.165) is 53.0 Å². The number of aromatic hydroxyl groups is 3. The van der Waals surface area contributed by atoms with E-state index in [9.17, 15) is 63.3 Å². The second-order valence-corrected chi connectivity index (χ2v) is 30.3. The minimum atomic E-state index is -1.06. The third kappa shape index (κ3) is 29.8. The van der Waals surface area contributed by atoms with E-state index >= 15 is 0 Å². The summed E-state index contributed by atoms with van der Waals surface area (Å²) < 4.78 is 22.6. The highest BCUT2D eigenvalue weighted by atomic mass is 35.5. The molecular weight excluding hydrogens is 1490 g/mol. The van der Waals surface area contributed by atoms with E-state index < -0.39 is 22.4 Å². The summed E-state index contributed by atoms with van der Waals surface area (Å²) in [6.07, 6.45) is 9.55. The SMILES string of the molecule is CC(=O)c1ccc(CC(=O)C(C)(C)CCCOc2cc(C)ccc2C)cc1.CC(=O)c1ccc(NC(=O)C(C)(C)Oc2ccc(Cl)cc2)cc1.CC(=O)c1ccc(O)c(CC(=O)C(C)(C)CCCOc2cc(C)ccc2C)c1.CC(=O)c1ccc(O)c(CC(=O)c2cccnc2)c1.CC(=O)c1ccc(O)c(OC(=O)c2cccnc2)c1. The molecule has 2 heterocycles. The lowest BCUT2D eigenvalue weighted by Gasteiger charge is -2.25. The Kier molecular flexibility index (Phi) is 34.7. The summed E-state index contributed by atoms with van der Waals surface area (Å²) in [5.41, 5.74) is 8.41. The number of pyridine rings is 2. The van der Waals surface area contributed by atoms with Crippen LogP contribution in [0.25, 0.3) is 0 Å². The molecule has 0 aliphatic carbocycles. The number of benzene rings is 8. The van der Waals surface area contributed by atoms with Crippen molar-refractivity contribution in [2.45, 2.75) is 154 Å². The lowest BCUT2D eigenvalue weighted by atomic mass is 9.80. The van der Waals surface area contributed by atoms with E-state index in [1.54, 1.807) is 130 Å². The van der Waals surface area contributed by atoms with Crippen molar-refractivity contribution < 1.29 is 82.2 Å². The predicted octanol–water partition coefficient (Wildman–Crippen LogP) is 19.7. The first-order valence-electron chi connectivity index (χ1n) is 37.7. The Morgan fingerprint density at radius 2 is 0.836 bits per heavy atom. The molecule has 116 heavy (non-hydrogen) atoms. The number of Topliss-reactive ketones (excluding diaryl/α,β-unsaturated/α-hetero) is 8. The van der Waals surface area contributed by atoms with Gasteiger partial charge in [0.2, 0.25) is 0 Å². The van der Waals surface area contributed by atoms with Gasteiger partial charge in [0.15, 0.2) is 51.8 Å². The molecule has 10 aromatic rings. The van der Waals surface area contributed by atoms with Gasteiger partial charge in [-0.05, 0) is 269 Å². The molecule has 20 nitrogen and oxygen atoms in total. The number of ketones is 8. The highest BCUT2D eigenvalue weighted by Gasteiger charge is 2.32. The number of carbonyl (C=O) groups excluding carboxylic acids is 10. The molecule has 0 unspecified atom stereocenters. The van der Waals surface area contributed by atoms with Crippen LogP contribution in [0.4, 0.5) is 5.69 Å². The largest absolute Gasteiger partial charge is 0.508 e. The molecule has 0 spiro atoms. The average Bonchev–Trinajstić information content (AvgIpc) is 0.855. The first-order valence-corrected chi connectivity index (χ1v) is 38.1. The minimum Gasteiger partial charge on any atom is -0.508 e. The maximum absolute atomic E-state index is 12.8. The number of amides is 1. The molecule has 0 atom stereocenters. The van der Waals surface area contributed by atoms with Crippen molar-refractivity contribution in [2.24, 2.45) is 10.8 Å². The molecule has 0 fully saturated rings. The van der Waals surface area contributed by atoms with Crippen molar-refractivity contribution in [1.82, 2.24) is 9.97 Å². The van der Waals surface area contributed by atoms with Crippen LogP contribution in [0.15, 0.2) is 213 Å². The number of aromatic nitrogens is 2. The number of phenolic OH excluding ortho intramolecular Hbond substituents is 3. The van der Waals surface area contributed by atoms with Crippen LogP contribution in [0.2, 0.25) is 5.02 Å². The first kappa shape index (κ1) is 92.3. The van der Waals surface area contributed by atoms with Crippen molar-refractivity contribution in [3.8, 4) is 40.2 Å². The molecule has 2 aromatic heterocycles. The number of aryl methyl sites for hydroxylation is 4. The number of hydrogen-bond acceptors (Lipinski definition) is 19. The van der Waals surface area contributed by atoms with Gasteiger partial charge in [0.1, 0.15) is 40.3 Å². The van der Waals surface area contributed by atoms with E-state index in [4.69, 9.17) is 30.5 Å². The van der Waals surface area contributed by atoms with Crippen LogP contribution >= 0.6 is 11.6 Å². The predicted molar refractivity (Wildman–Crippen MR) is 450 cm³/mol. The van der Waals surface area contributed by atoms with Crippen LogP contribution in [0.1, 0.15) is 213 Å². The fraction of sp³-hybridized carbons (Fsp3) is 0.284. The molecule has 4 N–H and O–H groups in total. The Hall–Kier alpha value is -12.6. The summed E-state index contributed by atoms with van der Waals surface area (Å²) in [6, 6.07) is 52.9. The molecule has 0 aliphatic rings. The highest BCUT2D eigenvalue weighted by Crippen LogP contribution is 2.33. The molecule has 606 valence electrons. The number of carbonyl (C=O) groups is 10. The van der Waals surface area contributed by atoms with Gasteiger partial charge in [-0.25, -0.2) is 4.79 Å². The molecular formula is C95H102ClN3O17. The molecule has 8 aromatic carbocycles. The van der Waals surface area contributed by atoms with E-state index in [0.29, 0.717) is 87.0 Å². The summed E-state index contributed by atoms with van der Waals surface area (Å²) >= 11 is 5.83. The molecule has 0 aliphatic heterocycles. The normalized spacial score (nSPS) is 10.8. The zero-order chi connectivity index (χ0) is 85.6. The van der Waals surface area contributed by atoms with Crippen LogP contribution < -0.4 is 24.3 Å². The first-order chi connectivity index (χ1) is 54.7. The van der Waals surface area contributed by atoms with E-state index in [2.05, 4.69) is 46.5 Å². The van der Waals surface area contributed by atoms with Crippen LogP contribution in [0.3, 0.4) is 0 Å². The lowest BCUT2D eigenvalue weighted by molar-refractivity contribution is -0.128. The third-order valence-electron chi connectivity index (χ3n) is 18.7. The summed E-state index contributed by atoms with van der Waals surface area (Å²) in [7, 11) is 0. The van der Waals surface area contributed by atoms with Crippen molar-refractivity contribution in [3.63, 3.8) is 0 Å². The monoisotopic (exact) mass is 1590 g/mol. The minimum absolute atomic E-state index is 0.0160. The topological polar surface area (TPSA) is 306 Å². The second kappa shape index (κ2) is 43.6. The van der Waals surface area contributed by atoms with Crippen LogP contribution in [0, 0.1) is 38.5 Å². The number of hydrogen-bond donors (Lipinski definition) is 4. The number of nitrogens with one attached hydrogen (secondary N) is 1. The quantitative estimate of drug-likeness (QED) is 0.0141. The van der Waals surface area contributed by atoms with E-state index in [-0.39, 0.29) is 93.6 Å². The van der Waals surface area contributed by atoms with Crippen LogP contribution in [-0.4, -0.2) is 102 Å². The van der Waals surface area contributed by atoms with E-state index in [1.807, 2.05) is 72.7 Å². The van der Waals surface area contributed by atoms with Crippen LogP contribution in [-0.2, 0) is 33.6 Å². The average molecular weight is 1590 g/mol. The Morgan fingerprint density at radius 3 is 1.28 bits per heavy atom. The van der Waals surface area contributed by atoms with Gasteiger partial charge in [-0.3, -0.25) is 53.1 Å². The number of esters is 1. The number of ether oxygens (including phenoxy) is 4. The number of rotatable bonds is 30. The van der Waals surface area contributed by atoms with Crippen molar-refractivity contribution in [1.29, 1.82) is 0 Å². The summed E-state index contributed by atoms with van der Waals surface area (Å²) in [4.78, 5) is 126. The molecule has 0 saturated carbocycles. The molecule has 10 rings (SSSR count). The van der Waals surface area contributed by atoms with Crippen molar-refractivity contribution >= 4 is 75.4 Å². The summed E-state index contributed by atoms with van der Waals surface area (Å²) in [5, 5.41) is 32.8. The fourth-order valence-electron chi connectivity index (χ4n) is 11.2. The van der Waals surface area contributed by atoms with Crippen molar-refractivity contribution in [2.75, 3.05) is 18.5 Å². The standard InChI is InChI=1S/C24H30O4.C24H30O3.C18H18ClNO3.C15H13NO3.C14H11NO4/c1-16-7-8-17(2)22(13-16)28-12-6-11-24(4,5)23(27)15-20-14-19(18(3)25)9-10-21(20)26;1-17-7-8-18(2)22(15-17)27-14-6-13-24(4,5)23(26)16-20-9-11-21(12-10-20)19(3)25;1-12(21)13-4-8-15(9-5-13)20-17(22)18(2,3)23-16-10-6-14(19)7-11-16;1-10(17)11-4-5-14(18)13(7-11)8-15(19)12-3-2-6-16-9-12;1-9(16)10-4-5-12(17)13(7-10)19-14(18)11-3-2-6-15-8-11/h7-10,13-14,26H,6,11-12,15H2,1-5H3;7-12,15H,6,13-14,16H2,1-5H3;4-11H,1-3H3,(H,20,22);2-7,9,18H,8H2,1H3;2-8,17H,1H3. The van der Waals surface area contributed by atoms with Gasteiger partial charge >= 0.3 is 5.97 Å². The zero-order valence-corrected chi connectivity index (χ0v) is 69.2. The number of phenols is 3.